The van der Waals surface area contributed by atoms with E-state index in [1.54, 1.807) is 0 Å². The minimum Gasteiger partial charge on any atom is -0.425 e. The van der Waals surface area contributed by atoms with Crippen LogP contribution < -0.4 is 5.46 Å². The highest BCUT2D eigenvalue weighted by molar-refractivity contribution is 14.1. The van der Waals surface area contributed by atoms with Gasteiger partial charge in [0.15, 0.2) is 0 Å². The van der Waals surface area contributed by atoms with Crippen LogP contribution in [-0.2, 0) is 4.65 Å². The fourth-order valence-corrected chi connectivity index (χ4v) is 8.24. The summed E-state index contributed by atoms with van der Waals surface area (Å²) in [4.78, 5) is 0. The summed E-state index contributed by atoms with van der Waals surface area (Å²) in [5.74, 6) is 0. The number of fused-ring (bicyclic) bond motifs is 4. The lowest BCUT2D eigenvalue weighted by molar-refractivity contribution is 0.0852. The molecular weight excluding hydrogens is 790 g/mol. The lowest BCUT2D eigenvalue weighted by atomic mass is 9.62. The third kappa shape index (κ3) is 6.71. The van der Waals surface area contributed by atoms with E-state index in [0.29, 0.717) is 0 Å². The minimum absolute atomic E-state index is 0.0454. The van der Waals surface area contributed by atoms with Gasteiger partial charge in [-0.05, 0) is 133 Å². The Morgan fingerprint density at radius 3 is 1.27 bits per heavy atom. The number of hydrogen-bond acceptors (Lipinski definition) is 1. The van der Waals surface area contributed by atoms with E-state index in [1.807, 2.05) is 0 Å². The molecule has 0 fully saturated rings. The van der Waals surface area contributed by atoms with Crippen molar-refractivity contribution in [1.29, 1.82) is 0 Å². The van der Waals surface area contributed by atoms with E-state index in [4.69, 9.17) is 4.65 Å². The maximum Gasteiger partial charge on any atom is 0.324 e. The molecule has 0 aliphatic heterocycles. The van der Waals surface area contributed by atoms with Gasteiger partial charge in [-0.25, -0.2) is 0 Å². The van der Waals surface area contributed by atoms with Gasteiger partial charge in [-0.1, -0.05) is 193 Å². The topological polar surface area (TPSA) is 9.23 Å². The summed E-state index contributed by atoms with van der Waals surface area (Å²) in [5.41, 5.74) is 10.6. The summed E-state index contributed by atoms with van der Waals surface area (Å²) in [6.07, 6.45) is 0. The van der Waals surface area contributed by atoms with E-state index >= 15 is 0 Å². The second-order valence-electron chi connectivity index (χ2n) is 16.1. The van der Waals surface area contributed by atoms with Crippen LogP contribution in [0.1, 0.15) is 27.7 Å². The Morgan fingerprint density at radius 2 is 0.786 bits per heavy atom. The third-order valence-electron chi connectivity index (χ3n) is 11.9. The van der Waals surface area contributed by atoms with Crippen molar-refractivity contribution in [3.05, 3.63) is 176 Å². The number of benzene rings is 9. The van der Waals surface area contributed by atoms with E-state index in [0.717, 1.165) is 0 Å². The van der Waals surface area contributed by atoms with Gasteiger partial charge < -0.3 is 4.65 Å². The van der Waals surface area contributed by atoms with Gasteiger partial charge >= 0.3 is 6.92 Å². The number of rotatable bonds is 8. The zero-order chi connectivity index (χ0) is 38.6. The fourth-order valence-electron chi connectivity index (χ4n) is 8.12. The summed E-state index contributed by atoms with van der Waals surface area (Å²) in [7, 11) is 0. The van der Waals surface area contributed by atoms with Gasteiger partial charge in [0.1, 0.15) is 0 Å². The maximum atomic E-state index is 6.85. The monoisotopic (exact) mass is 834 g/mol. The molecule has 9 aromatic carbocycles. The Hall–Kier alpha value is -5.23. The van der Waals surface area contributed by atoms with Crippen LogP contribution in [-0.4, -0.2) is 15.9 Å². The highest BCUT2D eigenvalue weighted by Crippen LogP contribution is 2.44. The van der Waals surface area contributed by atoms with Gasteiger partial charge in [-0.2, -0.15) is 0 Å². The first kappa shape index (κ1) is 36.4. The zero-order valence-corrected chi connectivity index (χ0v) is 34.8. The average molecular weight is 835 g/mol. The van der Waals surface area contributed by atoms with Crippen molar-refractivity contribution in [3.63, 3.8) is 0 Å². The van der Waals surface area contributed by atoms with Crippen molar-refractivity contribution < 1.29 is 4.65 Å². The van der Waals surface area contributed by atoms with Gasteiger partial charge in [0, 0.05) is 3.42 Å². The highest BCUT2D eigenvalue weighted by atomic mass is 127. The molecular formula is C53H44BIO. The largest absolute Gasteiger partial charge is 0.425 e. The summed E-state index contributed by atoms with van der Waals surface area (Å²) in [6, 6.07) is 64.9. The predicted octanol–water partition coefficient (Wildman–Crippen LogP) is 14.8. The standard InChI is InChI=1S/C53H44BIO/c1-52(2,55)53(3,4)56-54(5)45-30-31-48-49(34-45)51(40-26-20-38(21-27-40)44-29-23-36-13-7-9-15-42(36)33-44)47-17-11-10-16-46(47)50(48)39-24-18-37(19-25-39)43-28-22-35-12-6-8-14-41(35)32-43/h6-34H,1-5H3. The number of halogens is 1. The molecule has 0 unspecified atom stereocenters. The quantitative estimate of drug-likeness (QED) is 0.0641. The van der Waals surface area contributed by atoms with E-state index in [9.17, 15) is 0 Å². The molecule has 0 heterocycles. The van der Waals surface area contributed by atoms with Crippen LogP contribution >= 0.6 is 22.6 Å². The smallest absolute Gasteiger partial charge is 0.324 e. The van der Waals surface area contributed by atoms with Crippen LogP contribution in [0.5, 0.6) is 0 Å². The third-order valence-corrected chi connectivity index (χ3v) is 13.2. The summed E-state index contributed by atoms with van der Waals surface area (Å²) < 4.78 is 6.81. The van der Waals surface area contributed by atoms with Gasteiger partial charge in [-0.15, -0.1) is 0 Å². The van der Waals surface area contributed by atoms with Crippen LogP contribution in [0.2, 0.25) is 6.82 Å². The maximum absolute atomic E-state index is 6.85. The van der Waals surface area contributed by atoms with Gasteiger partial charge in [0.05, 0.1) is 5.60 Å². The van der Waals surface area contributed by atoms with Crippen molar-refractivity contribution in [2.45, 2.75) is 43.5 Å². The van der Waals surface area contributed by atoms with Gasteiger partial charge in [0.25, 0.3) is 0 Å². The van der Waals surface area contributed by atoms with Crippen molar-refractivity contribution in [2.24, 2.45) is 0 Å². The fraction of sp³-hybridized carbons (Fsp3) is 0.132. The van der Waals surface area contributed by atoms with Crippen LogP contribution in [0.25, 0.3) is 87.6 Å². The average Bonchev–Trinajstić information content (AvgIpc) is 3.22. The number of alkyl halides is 1. The van der Waals surface area contributed by atoms with Crippen molar-refractivity contribution in [1.82, 2.24) is 0 Å². The Bertz CT molecular complexity index is 2900. The van der Waals surface area contributed by atoms with Crippen LogP contribution in [0.15, 0.2) is 176 Å². The molecule has 272 valence electrons. The molecule has 0 amide bonds. The second kappa shape index (κ2) is 14.4. The summed E-state index contributed by atoms with van der Waals surface area (Å²) in [6.45, 7) is 11.0. The molecule has 0 aliphatic carbocycles. The van der Waals surface area contributed by atoms with Crippen LogP contribution in [0.3, 0.4) is 0 Å². The molecule has 0 bridgehead atoms. The van der Waals surface area contributed by atoms with Crippen LogP contribution in [0.4, 0.5) is 0 Å². The highest BCUT2D eigenvalue weighted by Gasteiger charge is 2.37. The molecule has 0 radical (unpaired) electrons. The zero-order valence-electron chi connectivity index (χ0n) is 32.6. The lowest BCUT2D eigenvalue weighted by Gasteiger charge is -2.39. The lowest BCUT2D eigenvalue weighted by Crippen LogP contribution is -2.48. The Labute approximate surface area is 344 Å². The second-order valence-corrected chi connectivity index (χ2v) is 18.8. The van der Waals surface area contributed by atoms with Gasteiger partial charge in [-0.3, -0.25) is 0 Å². The molecule has 1 nitrogen and oxygen atoms in total. The van der Waals surface area contributed by atoms with Gasteiger partial charge in [0.2, 0.25) is 0 Å². The van der Waals surface area contributed by atoms with Crippen LogP contribution in [0, 0.1) is 0 Å². The Morgan fingerprint density at radius 1 is 0.393 bits per heavy atom. The van der Waals surface area contributed by atoms with Crippen molar-refractivity contribution >= 4 is 78.1 Å². The van der Waals surface area contributed by atoms with E-state index in [1.165, 1.54) is 93.1 Å². The molecule has 3 heteroatoms. The molecule has 9 aromatic rings. The first-order valence-electron chi connectivity index (χ1n) is 19.6. The molecule has 0 saturated heterocycles. The molecule has 0 N–H and O–H groups in total. The predicted molar refractivity (Wildman–Crippen MR) is 253 cm³/mol. The Balaban J connectivity index is 1.20. The van der Waals surface area contributed by atoms with Crippen molar-refractivity contribution in [3.8, 4) is 44.5 Å². The van der Waals surface area contributed by atoms with E-state index in [2.05, 4.69) is 233 Å². The normalized spacial score (nSPS) is 12.2. The molecule has 0 saturated carbocycles. The first-order valence-corrected chi connectivity index (χ1v) is 20.7. The molecule has 9 rings (SSSR count). The molecule has 0 atom stereocenters. The van der Waals surface area contributed by atoms with Crippen molar-refractivity contribution in [2.75, 3.05) is 0 Å². The summed E-state index contributed by atoms with van der Waals surface area (Å²) >= 11 is 2.51. The SMILES string of the molecule is CB(OC(C)(C)C(C)(C)I)c1ccc2c(-c3ccc(-c4ccc5ccccc5c4)cc3)c3ccccc3c(-c3ccc(-c4ccc5ccccc5c4)cc3)c2c1. The Kier molecular flexibility index (Phi) is 9.34. The minimum atomic E-state index is -0.329. The number of hydrogen-bond donors (Lipinski definition) is 0. The molecule has 0 spiro atoms. The van der Waals surface area contributed by atoms with E-state index < -0.39 is 0 Å². The summed E-state index contributed by atoms with van der Waals surface area (Å²) in [5, 5.41) is 9.98. The molecule has 0 aromatic heterocycles. The van der Waals surface area contributed by atoms with E-state index in [-0.39, 0.29) is 15.9 Å². The first-order chi connectivity index (χ1) is 27.0. The molecule has 56 heavy (non-hydrogen) atoms. The molecule has 0 aliphatic rings.